The van der Waals surface area contributed by atoms with E-state index in [2.05, 4.69) is 126 Å². The number of benzene rings is 2. The van der Waals surface area contributed by atoms with Crippen molar-refractivity contribution in [2.75, 3.05) is 0 Å². The van der Waals surface area contributed by atoms with Gasteiger partial charge in [0, 0.05) is 0 Å². The SMILES string of the molecule is CCC1(CC)Cc2cc3c(cc2C1)[C](CCc1ccccc1)([Hf]([CH3])([CH3])([CH3])([CH3])([CH3])([CH3])([CH3])[CH]1C=CC=C1)C=C3. The van der Waals surface area contributed by atoms with Crippen LogP contribution in [-0.4, -0.2) is 0 Å². The summed E-state index contributed by atoms with van der Waals surface area (Å²) in [5.41, 5.74) is 8.16. The van der Waals surface area contributed by atoms with E-state index >= 15 is 0 Å². The molecule has 0 aliphatic heterocycles. The van der Waals surface area contributed by atoms with Crippen LogP contribution in [0.2, 0.25) is 36.4 Å². The molecule has 1 atom stereocenters. The summed E-state index contributed by atoms with van der Waals surface area (Å²) in [6, 6.07) is 16.5. The summed E-state index contributed by atoms with van der Waals surface area (Å²) in [5.74, 6) is 0. The maximum atomic E-state index is 2.77. The monoisotopic (exact) mass is 665 g/mol. The van der Waals surface area contributed by atoms with Gasteiger partial charge in [-0.15, -0.1) is 0 Å². The van der Waals surface area contributed by atoms with Crippen LogP contribution in [0.4, 0.5) is 0 Å². The molecule has 0 bridgehead atoms. The average Bonchev–Trinajstić information content (AvgIpc) is 3.54. The van der Waals surface area contributed by atoms with Gasteiger partial charge in [0.2, 0.25) is 0 Å². The van der Waals surface area contributed by atoms with Crippen LogP contribution >= 0.6 is 0 Å². The van der Waals surface area contributed by atoms with Crippen molar-refractivity contribution in [3.8, 4) is 0 Å². The molecule has 0 nitrogen and oxygen atoms in total. The van der Waals surface area contributed by atoms with E-state index in [0.29, 0.717) is 9.09 Å². The van der Waals surface area contributed by atoms with E-state index in [-0.39, 0.29) is 3.17 Å². The van der Waals surface area contributed by atoms with Gasteiger partial charge in [-0.3, -0.25) is 0 Å². The van der Waals surface area contributed by atoms with Gasteiger partial charge >= 0.3 is 217 Å². The Balaban J connectivity index is 1.83. The summed E-state index contributed by atoms with van der Waals surface area (Å²) in [6.45, 7) is 4.79. The fraction of sp³-hybridized carbons (Fsp3) is 0.500. The first-order chi connectivity index (χ1) is 16.6. The Morgan fingerprint density at radius 3 is 1.92 bits per heavy atom. The number of hydrogen-bond donors (Lipinski definition) is 0. The van der Waals surface area contributed by atoms with Crippen molar-refractivity contribution in [3.63, 3.8) is 0 Å². The summed E-state index contributed by atoms with van der Waals surface area (Å²) >= 11 is -5.81. The van der Waals surface area contributed by atoms with Crippen LogP contribution in [-0.2, 0) is 35.1 Å². The molecule has 37 heavy (non-hydrogen) atoms. The van der Waals surface area contributed by atoms with Gasteiger partial charge in [-0.2, -0.15) is 0 Å². The predicted octanol–water partition coefficient (Wildman–Crippen LogP) is 11.5. The van der Waals surface area contributed by atoms with Gasteiger partial charge < -0.3 is 0 Å². The Morgan fingerprint density at radius 2 is 1.35 bits per heavy atom. The standard InChI is InChI=1S/C24H27.C5H5.7CH3.Hf/c1-3-24(4-2)16-21-14-20-13-12-19(23(20)15-22(21)17-24)11-10-18-8-6-5-7-9-18;1-2-4-5-3-1;;;;;;;;/h5-9,12-15H,3-4,10-11,16-17H2,1-2H3;1-5H;7*1H3;. The van der Waals surface area contributed by atoms with Crippen molar-refractivity contribution in [1.82, 2.24) is 0 Å². The zero-order chi connectivity index (χ0) is 27.2. The van der Waals surface area contributed by atoms with Crippen LogP contribution in [0.1, 0.15) is 60.9 Å². The van der Waals surface area contributed by atoms with Gasteiger partial charge in [0.25, 0.3) is 0 Å². The van der Waals surface area contributed by atoms with Crippen molar-refractivity contribution < 1.29 is 12.6 Å². The number of hydrogen-bond acceptors (Lipinski definition) is 0. The van der Waals surface area contributed by atoms with Crippen molar-refractivity contribution in [2.45, 2.75) is 92.0 Å². The van der Waals surface area contributed by atoms with Crippen molar-refractivity contribution in [3.05, 3.63) is 101 Å². The summed E-state index contributed by atoms with van der Waals surface area (Å²) in [4.78, 5) is 0. The predicted molar refractivity (Wildman–Crippen MR) is 165 cm³/mol. The molecule has 0 radical (unpaired) electrons. The Hall–Kier alpha value is -1.47. The number of rotatable bonds is 7. The van der Waals surface area contributed by atoms with Gasteiger partial charge in [-0.05, 0) is 0 Å². The Morgan fingerprint density at radius 1 is 0.784 bits per heavy atom. The molecule has 0 heterocycles. The normalized spacial score (nSPS) is 27.9. The topological polar surface area (TPSA) is 0 Å². The minimum absolute atomic E-state index is 0.102. The van der Waals surface area contributed by atoms with E-state index in [9.17, 15) is 0 Å². The molecule has 2 aromatic rings. The molecule has 0 saturated carbocycles. The Bertz CT molecular complexity index is 1430. The van der Waals surface area contributed by atoms with Crippen LogP contribution in [0.5, 0.6) is 0 Å². The summed E-state index contributed by atoms with van der Waals surface area (Å²) in [7, 11) is 0. The van der Waals surface area contributed by atoms with Gasteiger partial charge in [0.05, 0.1) is 0 Å². The van der Waals surface area contributed by atoms with Crippen molar-refractivity contribution in [1.29, 1.82) is 0 Å². The van der Waals surface area contributed by atoms with Crippen molar-refractivity contribution >= 4 is 6.08 Å². The van der Waals surface area contributed by atoms with E-state index in [1.54, 1.807) is 16.7 Å². The second-order valence-corrected chi connectivity index (χ2v) is 133. The summed E-state index contributed by atoms with van der Waals surface area (Å²) < 4.78 is 19.7. The molecule has 0 N–H and O–H groups in total. The zero-order valence-corrected chi connectivity index (χ0v) is 28.9. The molecule has 0 saturated heterocycles. The van der Waals surface area contributed by atoms with Gasteiger partial charge in [0.15, 0.2) is 0 Å². The van der Waals surface area contributed by atoms with Crippen molar-refractivity contribution in [2.24, 2.45) is 5.41 Å². The van der Waals surface area contributed by atoms with E-state index in [4.69, 9.17) is 0 Å². The maximum absolute atomic E-state index is 5.81. The first kappa shape index (κ1) is 27.1. The van der Waals surface area contributed by atoms with Crippen LogP contribution in [0.25, 0.3) is 6.08 Å². The molecule has 0 fully saturated rings. The Labute approximate surface area is 215 Å². The van der Waals surface area contributed by atoms with Gasteiger partial charge in [-0.1, -0.05) is 0 Å². The van der Waals surface area contributed by atoms with Crippen LogP contribution in [0.15, 0.2) is 72.8 Å². The summed E-state index contributed by atoms with van der Waals surface area (Å²) in [6.07, 6.45) is 22.1. The number of aryl methyl sites for hydroxylation is 1. The third-order valence-corrected chi connectivity index (χ3v) is 59.4. The fourth-order valence-corrected chi connectivity index (χ4v) is 43.0. The van der Waals surface area contributed by atoms with Gasteiger partial charge in [-0.25, -0.2) is 0 Å². The molecule has 5 rings (SSSR count). The van der Waals surface area contributed by atoms with Gasteiger partial charge in [0.1, 0.15) is 0 Å². The molecular formula is C36H53Hf. The van der Waals surface area contributed by atoms with Crippen LogP contribution in [0.3, 0.4) is 0 Å². The van der Waals surface area contributed by atoms with E-state index < -0.39 is 12.6 Å². The second kappa shape index (κ2) is 5.56. The minimum atomic E-state index is -5.81. The van der Waals surface area contributed by atoms with E-state index in [1.807, 2.05) is 0 Å². The molecule has 0 spiro atoms. The molecule has 0 amide bonds. The van der Waals surface area contributed by atoms with E-state index in [0.717, 1.165) is 12.8 Å². The zero-order valence-electron chi connectivity index (χ0n) is 25.3. The molecule has 1 heteroatoms. The Kier molecular flexibility index (Phi) is 4.08. The molecule has 3 aliphatic carbocycles. The molecular weight excluding hydrogens is 611 g/mol. The number of allylic oxidation sites excluding steroid dienone is 5. The third kappa shape index (κ3) is 3.41. The molecule has 201 valence electrons. The third-order valence-electron chi connectivity index (χ3n) is 13.3. The average molecular weight is 664 g/mol. The fourth-order valence-electron chi connectivity index (χ4n) is 9.48. The molecule has 2 aromatic carbocycles. The molecule has 3 aliphatic rings. The molecule has 1 unspecified atom stereocenters. The first-order valence-electron chi connectivity index (χ1n) is 15.2. The van der Waals surface area contributed by atoms with Crippen LogP contribution < -0.4 is 0 Å². The number of fused-ring (bicyclic) bond motifs is 2. The summed E-state index contributed by atoms with van der Waals surface area (Å²) in [5, 5.41) is 0. The van der Waals surface area contributed by atoms with E-state index in [1.165, 1.54) is 36.8 Å². The van der Waals surface area contributed by atoms with Crippen LogP contribution in [0, 0.1) is 5.41 Å². The second-order valence-electron chi connectivity index (χ2n) is 23.8. The molecule has 0 aromatic heterocycles. The quantitative estimate of drug-likeness (QED) is 0.259. The first-order valence-corrected chi connectivity index (χ1v) is 44.2.